The molecule has 1 aromatic rings. The predicted molar refractivity (Wildman–Crippen MR) is 61.7 cm³/mol. The second kappa shape index (κ2) is 5.61. The molecule has 1 aromatic carbocycles. The van der Waals surface area contributed by atoms with Crippen molar-refractivity contribution < 1.29 is 19.0 Å². The first kappa shape index (κ1) is 11.8. The second-order valence-corrected chi connectivity index (χ2v) is 3.67. The largest absolute Gasteiger partial charge is 0.497 e. The van der Waals surface area contributed by atoms with Crippen molar-refractivity contribution in [3.05, 3.63) is 42.0 Å². The molecule has 4 heteroatoms. The Hall–Kier alpha value is -1.65. The van der Waals surface area contributed by atoms with Gasteiger partial charge in [0.25, 0.3) is 0 Å². The number of carbonyl (C=O) groups excluding carboxylic acids is 1. The van der Waals surface area contributed by atoms with Crippen LogP contribution >= 0.6 is 0 Å². The minimum absolute atomic E-state index is 0.0359. The van der Waals surface area contributed by atoms with Crippen molar-refractivity contribution in [3.8, 4) is 5.75 Å². The molecule has 2 rings (SSSR count). The molecule has 0 fully saturated rings. The first-order valence-electron chi connectivity index (χ1n) is 5.35. The van der Waals surface area contributed by atoms with Crippen LogP contribution in [-0.4, -0.2) is 25.8 Å². The van der Waals surface area contributed by atoms with E-state index in [0.29, 0.717) is 6.61 Å². The summed E-state index contributed by atoms with van der Waals surface area (Å²) in [6, 6.07) is 7.62. The van der Waals surface area contributed by atoms with Crippen LogP contribution in [-0.2, 0) is 20.9 Å². The Morgan fingerprint density at radius 2 is 2.35 bits per heavy atom. The fourth-order valence-electron chi connectivity index (χ4n) is 1.50. The minimum Gasteiger partial charge on any atom is -0.497 e. The number of benzene rings is 1. The van der Waals surface area contributed by atoms with E-state index in [1.165, 1.54) is 6.08 Å². The maximum absolute atomic E-state index is 10.9. The summed E-state index contributed by atoms with van der Waals surface area (Å²) < 4.78 is 15.8. The molecule has 0 bridgehead atoms. The number of ether oxygens (including phenoxy) is 3. The Bertz CT molecular complexity index is 425. The number of hydrogen-bond donors (Lipinski definition) is 0. The average molecular weight is 234 g/mol. The van der Waals surface area contributed by atoms with Crippen LogP contribution in [0.25, 0.3) is 0 Å². The Balaban J connectivity index is 1.89. The topological polar surface area (TPSA) is 44.8 Å². The van der Waals surface area contributed by atoms with Gasteiger partial charge in [0.05, 0.1) is 13.7 Å². The zero-order valence-corrected chi connectivity index (χ0v) is 9.59. The number of methoxy groups -OCH3 is 1. The highest BCUT2D eigenvalue weighted by molar-refractivity contribution is 5.91. The quantitative estimate of drug-likeness (QED) is 0.795. The highest BCUT2D eigenvalue weighted by Gasteiger charge is 2.13. The molecule has 1 aliphatic rings. The fraction of sp³-hybridized carbons (Fsp3) is 0.308. The molecule has 0 amide bonds. The summed E-state index contributed by atoms with van der Waals surface area (Å²) in [4.78, 5) is 10.9. The monoisotopic (exact) mass is 234 g/mol. The molecule has 1 atom stereocenters. The van der Waals surface area contributed by atoms with Crippen molar-refractivity contribution in [3.63, 3.8) is 0 Å². The standard InChI is InChI=1S/C13H14O4/c1-15-12-4-2-3-10(7-12)8-16-13-6-5-11(14)9-17-13/h2-7,13H,8-9H2,1H3/t13-/m1/s1. The Morgan fingerprint density at radius 1 is 1.47 bits per heavy atom. The molecule has 4 nitrogen and oxygen atoms in total. The van der Waals surface area contributed by atoms with Crippen LogP contribution < -0.4 is 4.74 Å². The lowest BCUT2D eigenvalue weighted by atomic mass is 10.2. The van der Waals surface area contributed by atoms with Gasteiger partial charge in [-0.1, -0.05) is 12.1 Å². The van der Waals surface area contributed by atoms with Gasteiger partial charge in [0.2, 0.25) is 0 Å². The molecule has 0 spiro atoms. The first-order chi connectivity index (χ1) is 8.28. The Morgan fingerprint density at radius 3 is 3.06 bits per heavy atom. The van der Waals surface area contributed by atoms with Crippen molar-refractivity contribution in [1.82, 2.24) is 0 Å². The molecule has 0 aromatic heterocycles. The van der Waals surface area contributed by atoms with Crippen LogP contribution in [0.15, 0.2) is 36.4 Å². The highest BCUT2D eigenvalue weighted by atomic mass is 16.7. The maximum Gasteiger partial charge on any atom is 0.181 e. The molecular weight excluding hydrogens is 220 g/mol. The average Bonchev–Trinajstić information content (AvgIpc) is 2.38. The van der Waals surface area contributed by atoms with Crippen LogP contribution in [0.5, 0.6) is 5.75 Å². The lowest BCUT2D eigenvalue weighted by Gasteiger charge is -2.17. The van der Waals surface area contributed by atoms with E-state index in [1.54, 1.807) is 13.2 Å². The van der Waals surface area contributed by atoms with Crippen LogP contribution in [0.4, 0.5) is 0 Å². The Kier molecular flexibility index (Phi) is 3.90. The molecule has 90 valence electrons. The van der Waals surface area contributed by atoms with Gasteiger partial charge in [0.15, 0.2) is 12.1 Å². The van der Waals surface area contributed by atoms with Crippen molar-refractivity contribution in [2.75, 3.05) is 13.7 Å². The SMILES string of the molecule is COc1cccc(CO[C@H]2C=CC(=O)CO2)c1. The lowest BCUT2D eigenvalue weighted by Crippen LogP contribution is -2.23. The summed E-state index contributed by atoms with van der Waals surface area (Å²) in [6.07, 6.45) is 2.66. The highest BCUT2D eigenvalue weighted by Crippen LogP contribution is 2.14. The van der Waals surface area contributed by atoms with Gasteiger partial charge in [-0.25, -0.2) is 0 Å². The van der Waals surface area contributed by atoms with Gasteiger partial charge in [-0.3, -0.25) is 4.79 Å². The van der Waals surface area contributed by atoms with E-state index in [-0.39, 0.29) is 12.4 Å². The van der Waals surface area contributed by atoms with Gasteiger partial charge in [0, 0.05) is 0 Å². The van der Waals surface area contributed by atoms with E-state index < -0.39 is 6.29 Å². The number of rotatable bonds is 4. The summed E-state index contributed by atoms with van der Waals surface area (Å²) in [5.74, 6) is 0.757. The van der Waals surface area contributed by atoms with Gasteiger partial charge in [0.1, 0.15) is 12.4 Å². The molecule has 0 saturated carbocycles. The molecular formula is C13H14O4. The summed E-state index contributed by atoms with van der Waals surface area (Å²) in [6.45, 7) is 0.500. The maximum atomic E-state index is 10.9. The second-order valence-electron chi connectivity index (χ2n) is 3.67. The summed E-state index contributed by atoms with van der Waals surface area (Å²) >= 11 is 0. The van der Waals surface area contributed by atoms with Crippen LogP contribution in [0.1, 0.15) is 5.56 Å². The summed E-state index contributed by atoms with van der Waals surface area (Å²) in [5.41, 5.74) is 0.998. The smallest absolute Gasteiger partial charge is 0.181 e. The predicted octanol–water partition coefficient (Wildman–Crippen LogP) is 1.69. The summed E-state index contributed by atoms with van der Waals surface area (Å²) in [7, 11) is 1.62. The molecule has 1 heterocycles. The van der Waals surface area contributed by atoms with Gasteiger partial charge in [-0.05, 0) is 29.8 Å². The van der Waals surface area contributed by atoms with Crippen molar-refractivity contribution in [2.24, 2.45) is 0 Å². The fourth-order valence-corrected chi connectivity index (χ4v) is 1.50. The van der Waals surface area contributed by atoms with Gasteiger partial charge >= 0.3 is 0 Å². The number of hydrogen-bond acceptors (Lipinski definition) is 4. The third-order valence-corrected chi connectivity index (χ3v) is 2.38. The van der Waals surface area contributed by atoms with Crippen molar-refractivity contribution in [2.45, 2.75) is 12.9 Å². The van der Waals surface area contributed by atoms with Crippen LogP contribution in [0.2, 0.25) is 0 Å². The molecule has 17 heavy (non-hydrogen) atoms. The van der Waals surface area contributed by atoms with Crippen LogP contribution in [0.3, 0.4) is 0 Å². The molecule has 0 saturated heterocycles. The third kappa shape index (κ3) is 3.41. The van der Waals surface area contributed by atoms with Gasteiger partial charge in [-0.15, -0.1) is 0 Å². The van der Waals surface area contributed by atoms with Crippen molar-refractivity contribution in [1.29, 1.82) is 0 Å². The van der Waals surface area contributed by atoms with Gasteiger partial charge in [-0.2, -0.15) is 0 Å². The zero-order valence-electron chi connectivity index (χ0n) is 9.59. The van der Waals surface area contributed by atoms with Gasteiger partial charge < -0.3 is 14.2 Å². The van der Waals surface area contributed by atoms with E-state index in [4.69, 9.17) is 14.2 Å². The van der Waals surface area contributed by atoms with Crippen molar-refractivity contribution >= 4 is 5.78 Å². The number of carbonyl (C=O) groups is 1. The lowest BCUT2D eigenvalue weighted by molar-refractivity contribution is -0.145. The zero-order chi connectivity index (χ0) is 12.1. The molecule has 0 unspecified atom stereocenters. The van der Waals surface area contributed by atoms with Crippen LogP contribution in [0, 0.1) is 0 Å². The Labute approximate surface area is 99.8 Å². The first-order valence-corrected chi connectivity index (χ1v) is 5.35. The normalized spacial score (nSPS) is 19.4. The van der Waals surface area contributed by atoms with E-state index in [9.17, 15) is 4.79 Å². The van der Waals surface area contributed by atoms with E-state index in [2.05, 4.69) is 0 Å². The molecule has 0 N–H and O–H groups in total. The van der Waals surface area contributed by atoms with E-state index in [1.807, 2.05) is 24.3 Å². The molecule has 1 aliphatic heterocycles. The molecule has 0 radical (unpaired) electrons. The summed E-state index contributed by atoms with van der Waals surface area (Å²) in [5, 5.41) is 0. The minimum atomic E-state index is -0.445. The third-order valence-electron chi connectivity index (χ3n) is 2.38. The van der Waals surface area contributed by atoms with E-state index >= 15 is 0 Å². The van der Waals surface area contributed by atoms with E-state index in [0.717, 1.165) is 11.3 Å². The molecule has 0 aliphatic carbocycles. The number of ketones is 1.